The lowest BCUT2D eigenvalue weighted by Gasteiger charge is -2.38. The van der Waals surface area contributed by atoms with Crippen molar-refractivity contribution in [1.82, 2.24) is 5.32 Å². The summed E-state index contributed by atoms with van der Waals surface area (Å²) in [6.07, 6.45) is 2.57. The zero-order valence-electron chi connectivity index (χ0n) is 8.52. The smallest absolute Gasteiger partial charge is 0.0933 e. The van der Waals surface area contributed by atoms with Crippen LogP contribution in [0, 0.1) is 5.92 Å². The van der Waals surface area contributed by atoms with Gasteiger partial charge in [-0.25, -0.2) is 0 Å². The van der Waals surface area contributed by atoms with E-state index in [1.54, 1.807) is 0 Å². The van der Waals surface area contributed by atoms with E-state index < -0.39 is 0 Å². The number of rotatable bonds is 1. The lowest BCUT2D eigenvalue weighted by Crippen LogP contribution is -2.59. The fraction of sp³-hybridized carbons (Fsp3) is 1.00. The summed E-state index contributed by atoms with van der Waals surface area (Å²) < 4.78 is 5.72. The average Bonchev–Trinajstić information content (AvgIpc) is 2.51. The second-order valence-electron chi connectivity index (χ2n) is 3.58. The molecule has 2 saturated heterocycles. The molecule has 0 aromatic rings. The minimum atomic E-state index is 0.278. The van der Waals surface area contributed by atoms with Gasteiger partial charge in [-0.05, 0) is 12.3 Å². The summed E-state index contributed by atoms with van der Waals surface area (Å²) in [7, 11) is 0. The maximum absolute atomic E-state index is 5.72. The molecule has 12 heavy (non-hydrogen) atoms. The van der Waals surface area contributed by atoms with Crippen LogP contribution in [0.5, 0.6) is 0 Å². The predicted molar refractivity (Wildman–Crippen MR) is 51.3 cm³/mol. The van der Waals surface area contributed by atoms with Crippen LogP contribution in [0.15, 0.2) is 0 Å². The molecule has 0 aromatic carbocycles. The lowest BCUT2D eigenvalue weighted by atomic mass is 9.88. The van der Waals surface area contributed by atoms with Crippen molar-refractivity contribution in [1.29, 1.82) is 0 Å². The Morgan fingerprint density at radius 3 is 2.33 bits per heavy atom. The van der Waals surface area contributed by atoms with Gasteiger partial charge in [0.1, 0.15) is 0 Å². The minimum Gasteiger partial charge on any atom is -0.372 e. The molecule has 2 aliphatic rings. The number of hydrogen-bond acceptors (Lipinski definition) is 2. The number of nitrogens with one attached hydrogen (secondary N) is 1. The van der Waals surface area contributed by atoms with E-state index in [4.69, 9.17) is 4.74 Å². The van der Waals surface area contributed by atoms with Crippen LogP contribution in [0.3, 0.4) is 0 Å². The third-order valence-corrected chi connectivity index (χ3v) is 2.76. The normalized spacial score (nSPS) is 30.8. The van der Waals surface area contributed by atoms with E-state index in [1.807, 2.05) is 13.8 Å². The van der Waals surface area contributed by atoms with Gasteiger partial charge in [0.2, 0.25) is 0 Å². The number of hydrogen-bond donors (Lipinski definition) is 1. The van der Waals surface area contributed by atoms with Gasteiger partial charge in [-0.15, -0.1) is 0 Å². The molecule has 72 valence electrons. The maximum atomic E-state index is 5.72. The van der Waals surface area contributed by atoms with E-state index in [1.165, 1.54) is 12.8 Å². The zero-order valence-corrected chi connectivity index (χ0v) is 8.52. The molecule has 2 aliphatic heterocycles. The first-order valence-corrected chi connectivity index (χ1v) is 5.19. The highest BCUT2D eigenvalue weighted by Crippen LogP contribution is 2.34. The van der Waals surface area contributed by atoms with Gasteiger partial charge in [0.25, 0.3) is 0 Å². The van der Waals surface area contributed by atoms with E-state index in [-0.39, 0.29) is 5.60 Å². The summed E-state index contributed by atoms with van der Waals surface area (Å²) in [6, 6.07) is 0. The molecule has 0 aromatic heterocycles. The Morgan fingerprint density at radius 2 is 2.08 bits per heavy atom. The summed E-state index contributed by atoms with van der Waals surface area (Å²) in [6.45, 7) is 9.42. The molecular weight excluding hydrogens is 150 g/mol. The molecular formula is C10H21NO. The van der Waals surface area contributed by atoms with Crippen molar-refractivity contribution >= 4 is 0 Å². The Labute approximate surface area is 75.7 Å². The van der Waals surface area contributed by atoms with Crippen molar-refractivity contribution in [3.8, 4) is 0 Å². The van der Waals surface area contributed by atoms with Crippen molar-refractivity contribution < 1.29 is 4.74 Å². The monoisotopic (exact) mass is 171 g/mol. The van der Waals surface area contributed by atoms with Crippen LogP contribution in [-0.4, -0.2) is 25.3 Å². The van der Waals surface area contributed by atoms with Crippen molar-refractivity contribution in [3.63, 3.8) is 0 Å². The van der Waals surface area contributed by atoms with Gasteiger partial charge in [-0.1, -0.05) is 27.2 Å². The van der Waals surface area contributed by atoms with Gasteiger partial charge in [0.15, 0.2) is 0 Å². The Hall–Kier alpha value is -0.0800. The highest BCUT2D eigenvalue weighted by atomic mass is 16.5. The SMILES string of the molecule is CC.CCC1COC2(CNC2)C1. The third kappa shape index (κ3) is 1.80. The van der Waals surface area contributed by atoms with Crippen molar-refractivity contribution in [2.45, 2.75) is 39.2 Å². The fourth-order valence-electron chi connectivity index (χ4n) is 1.85. The van der Waals surface area contributed by atoms with Gasteiger partial charge in [-0.2, -0.15) is 0 Å². The molecule has 0 saturated carbocycles. The van der Waals surface area contributed by atoms with E-state index in [0.29, 0.717) is 0 Å². The quantitative estimate of drug-likeness (QED) is 0.649. The highest BCUT2D eigenvalue weighted by Gasteiger charge is 2.44. The Balaban J connectivity index is 0.000000336. The molecule has 2 nitrogen and oxygen atoms in total. The topological polar surface area (TPSA) is 21.3 Å². The van der Waals surface area contributed by atoms with Gasteiger partial charge in [0, 0.05) is 13.1 Å². The standard InChI is InChI=1S/C8H15NO.C2H6/c1-2-7-3-8(10-4-7)5-9-6-8;1-2/h7,9H,2-6H2,1H3;1-2H3. The number of ether oxygens (including phenoxy) is 1. The van der Waals surface area contributed by atoms with Crippen LogP contribution in [-0.2, 0) is 4.74 Å². The molecule has 0 aliphatic carbocycles. The van der Waals surface area contributed by atoms with E-state index in [9.17, 15) is 0 Å². The summed E-state index contributed by atoms with van der Waals surface area (Å²) >= 11 is 0. The van der Waals surface area contributed by atoms with Gasteiger partial charge < -0.3 is 10.1 Å². The predicted octanol–water partition coefficient (Wildman–Crippen LogP) is 1.80. The summed E-state index contributed by atoms with van der Waals surface area (Å²) in [5.41, 5.74) is 0.278. The van der Waals surface area contributed by atoms with Crippen LogP contribution in [0.1, 0.15) is 33.6 Å². The summed E-state index contributed by atoms with van der Waals surface area (Å²) in [5.74, 6) is 0.835. The molecule has 2 heteroatoms. The molecule has 1 atom stereocenters. The molecule has 2 rings (SSSR count). The lowest BCUT2D eigenvalue weighted by molar-refractivity contribution is -0.0362. The van der Waals surface area contributed by atoms with E-state index >= 15 is 0 Å². The van der Waals surface area contributed by atoms with Crippen LogP contribution < -0.4 is 5.32 Å². The largest absolute Gasteiger partial charge is 0.372 e. The molecule has 1 spiro atoms. The second kappa shape index (κ2) is 4.24. The first kappa shape index (κ1) is 10.0. The van der Waals surface area contributed by atoms with E-state index in [2.05, 4.69) is 12.2 Å². The van der Waals surface area contributed by atoms with Gasteiger partial charge in [0.05, 0.1) is 12.2 Å². The Morgan fingerprint density at radius 1 is 1.42 bits per heavy atom. The molecule has 1 unspecified atom stereocenters. The average molecular weight is 171 g/mol. The fourth-order valence-corrected chi connectivity index (χ4v) is 1.85. The van der Waals surface area contributed by atoms with E-state index in [0.717, 1.165) is 25.6 Å². The first-order chi connectivity index (χ1) is 5.85. The van der Waals surface area contributed by atoms with Crippen molar-refractivity contribution in [3.05, 3.63) is 0 Å². The summed E-state index contributed by atoms with van der Waals surface area (Å²) in [5, 5.41) is 3.26. The minimum absolute atomic E-state index is 0.278. The third-order valence-electron chi connectivity index (χ3n) is 2.76. The Bertz CT molecular complexity index is 132. The molecule has 0 bridgehead atoms. The van der Waals surface area contributed by atoms with Crippen LogP contribution in [0.4, 0.5) is 0 Å². The Kier molecular flexibility index (Phi) is 3.53. The van der Waals surface area contributed by atoms with Gasteiger partial charge >= 0.3 is 0 Å². The first-order valence-electron chi connectivity index (χ1n) is 5.19. The van der Waals surface area contributed by atoms with Crippen LogP contribution in [0.25, 0.3) is 0 Å². The molecule has 1 N–H and O–H groups in total. The zero-order chi connectivity index (χ0) is 9.03. The molecule has 2 heterocycles. The maximum Gasteiger partial charge on any atom is 0.0933 e. The van der Waals surface area contributed by atoms with Gasteiger partial charge in [-0.3, -0.25) is 0 Å². The highest BCUT2D eigenvalue weighted by molar-refractivity contribution is 4.99. The second-order valence-corrected chi connectivity index (χ2v) is 3.58. The molecule has 2 fully saturated rings. The van der Waals surface area contributed by atoms with Crippen LogP contribution >= 0.6 is 0 Å². The molecule has 0 amide bonds. The van der Waals surface area contributed by atoms with Crippen LogP contribution in [0.2, 0.25) is 0 Å². The van der Waals surface area contributed by atoms with Crippen molar-refractivity contribution in [2.24, 2.45) is 5.92 Å². The van der Waals surface area contributed by atoms with Crippen molar-refractivity contribution in [2.75, 3.05) is 19.7 Å². The summed E-state index contributed by atoms with van der Waals surface area (Å²) in [4.78, 5) is 0. The molecule has 0 radical (unpaired) electrons.